The largest absolute Gasteiger partial charge is 0.509 e. The van der Waals surface area contributed by atoms with Gasteiger partial charge in [0.15, 0.2) is 0 Å². The van der Waals surface area contributed by atoms with Crippen LogP contribution in [0, 0.1) is 0 Å². The number of benzene rings is 2. The second-order valence-corrected chi connectivity index (χ2v) is 11.8. The van der Waals surface area contributed by atoms with Crippen LogP contribution in [0.4, 0.5) is 0 Å². The molecule has 0 atom stereocenters. The maximum atomic E-state index is 12.8. The smallest absolute Gasteiger partial charge is 0.330 e. The molecule has 0 aliphatic carbocycles. The predicted molar refractivity (Wildman–Crippen MR) is 110 cm³/mol. The van der Waals surface area contributed by atoms with Crippen LogP contribution in [-0.2, 0) is 14.0 Å². The zero-order valence-electron chi connectivity index (χ0n) is 16.2. The Morgan fingerprint density at radius 3 is 1.78 bits per heavy atom. The molecule has 1 N–H and O–H groups in total. The summed E-state index contributed by atoms with van der Waals surface area (Å²) >= 11 is 0. The molecule has 0 saturated heterocycles. The SMILES string of the molecule is CC(=CCC(=O)O[Si](c1ccccc1)(c1ccccc1)C(C)(C)C)C(=O)O. The molecule has 0 amide bonds. The summed E-state index contributed by atoms with van der Waals surface area (Å²) < 4.78 is 6.27. The van der Waals surface area contributed by atoms with Crippen molar-refractivity contribution in [2.75, 3.05) is 0 Å². The lowest BCUT2D eigenvalue weighted by molar-refractivity contribution is -0.134. The number of hydrogen-bond donors (Lipinski definition) is 1. The Labute approximate surface area is 161 Å². The second-order valence-electron chi connectivity index (χ2n) is 7.53. The fourth-order valence-electron chi connectivity index (χ4n) is 3.19. The lowest BCUT2D eigenvalue weighted by Gasteiger charge is -2.42. The van der Waals surface area contributed by atoms with E-state index in [1.54, 1.807) is 0 Å². The zero-order chi connectivity index (χ0) is 20.1. The van der Waals surface area contributed by atoms with Crippen LogP contribution in [0.2, 0.25) is 5.04 Å². The third-order valence-electron chi connectivity index (χ3n) is 4.60. The summed E-state index contributed by atoms with van der Waals surface area (Å²) in [4.78, 5) is 23.7. The molecule has 0 bridgehead atoms. The maximum Gasteiger partial charge on any atom is 0.330 e. The van der Waals surface area contributed by atoms with E-state index in [0.29, 0.717) is 0 Å². The van der Waals surface area contributed by atoms with Gasteiger partial charge in [0.2, 0.25) is 0 Å². The molecule has 0 heterocycles. The molecule has 5 heteroatoms. The van der Waals surface area contributed by atoms with Crippen LogP contribution in [0.3, 0.4) is 0 Å². The Bertz CT molecular complexity index is 781. The summed E-state index contributed by atoms with van der Waals surface area (Å²) in [5, 5.41) is 10.7. The fourth-order valence-corrected chi connectivity index (χ4v) is 7.54. The summed E-state index contributed by atoms with van der Waals surface area (Å²) in [6, 6.07) is 19.7. The summed E-state index contributed by atoms with van der Waals surface area (Å²) in [7, 11) is -2.94. The Morgan fingerprint density at radius 1 is 0.963 bits per heavy atom. The molecule has 4 nitrogen and oxygen atoms in total. The van der Waals surface area contributed by atoms with Crippen LogP contribution >= 0.6 is 0 Å². The van der Waals surface area contributed by atoms with Crippen molar-refractivity contribution in [3.05, 3.63) is 72.3 Å². The highest BCUT2D eigenvalue weighted by molar-refractivity contribution is 7.00. The van der Waals surface area contributed by atoms with Gasteiger partial charge in [0.05, 0.1) is 6.42 Å². The van der Waals surface area contributed by atoms with E-state index in [1.165, 1.54) is 13.0 Å². The first-order chi connectivity index (χ1) is 12.7. The lowest BCUT2D eigenvalue weighted by atomic mass is 10.2. The number of carbonyl (C=O) groups is 2. The molecule has 2 aromatic rings. The van der Waals surface area contributed by atoms with Crippen molar-refractivity contribution in [3.8, 4) is 0 Å². The molecule has 0 saturated carbocycles. The number of carbonyl (C=O) groups excluding carboxylic acids is 1. The molecule has 0 fully saturated rings. The number of carboxylic acid groups (broad SMARTS) is 1. The molecule has 0 aliphatic heterocycles. The van der Waals surface area contributed by atoms with Crippen molar-refractivity contribution in [2.24, 2.45) is 0 Å². The monoisotopic (exact) mass is 382 g/mol. The van der Waals surface area contributed by atoms with Crippen molar-refractivity contribution in [1.29, 1.82) is 0 Å². The van der Waals surface area contributed by atoms with E-state index < -0.39 is 20.3 Å². The number of hydrogen-bond acceptors (Lipinski definition) is 3. The van der Waals surface area contributed by atoms with Gasteiger partial charge in [-0.1, -0.05) is 87.5 Å². The third kappa shape index (κ3) is 4.55. The van der Waals surface area contributed by atoms with Crippen LogP contribution in [-0.4, -0.2) is 25.4 Å². The Kier molecular flexibility index (Phi) is 6.39. The minimum atomic E-state index is -2.94. The van der Waals surface area contributed by atoms with E-state index in [0.717, 1.165) is 10.4 Å². The standard InChI is InChI=1S/C22H26O4Si/c1-17(21(24)25)15-16-20(23)26-27(22(2,3)4,18-11-7-5-8-12-18)19-13-9-6-10-14-19/h5-15H,16H2,1-4H3,(H,24,25). The van der Waals surface area contributed by atoms with Gasteiger partial charge >= 0.3 is 14.3 Å². The summed E-state index contributed by atoms with van der Waals surface area (Å²) in [5.41, 5.74) is 0.134. The topological polar surface area (TPSA) is 63.6 Å². The van der Waals surface area contributed by atoms with Gasteiger partial charge in [0, 0.05) is 5.57 Å². The predicted octanol–water partition coefficient (Wildman–Crippen LogP) is 3.51. The minimum absolute atomic E-state index is 0.0668. The quantitative estimate of drug-likeness (QED) is 0.613. The third-order valence-corrected chi connectivity index (χ3v) is 9.54. The fraction of sp³-hybridized carbons (Fsp3) is 0.273. The molecule has 0 spiro atoms. The van der Waals surface area contributed by atoms with Crippen molar-refractivity contribution < 1.29 is 19.1 Å². The van der Waals surface area contributed by atoms with Gasteiger partial charge in [-0.2, -0.15) is 0 Å². The minimum Gasteiger partial charge on any atom is -0.509 e. The van der Waals surface area contributed by atoms with E-state index in [1.807, 2.05) is 60.7 Å². The van der Waals surface area contributed by atoms with Gasteiger partial charge in [-0.15, -0.1) is 0 Å². The molecule has 2 rings (SSSR count). The summed E-state index contributed by atoms with van der Waals surface area (Å²) in [5.74, 6) is -1.45. The molecule has 27 heavy (non-hydrogen) atoms. The van der Waals surface area contributed by atoms with Crippen LogP contribution in [0.1, 0.15) is 34.1 Å². The zero-order valence-corrected chi connectivity index (χ0v) is 17.2. The average molecular weight is 383 g/mol. The normalized spacial score (nSPS) is 12.5. The van der Waals surface area contributed by atoms with Crippen molar-refractivity contribution >= 4 is 30.6 Å². The molecular formula is C22H26O4Si. The number of carboxylic acids is 1. The van der Waals surface area contributed by atoms with Crippen molar-refractivity contribution in [1.82, 2.24) is 0 Å². The Balaban J connectivity index is 2.54. The van der Waals surface area contributed by atoms with Gasteiger partial charge in [-0.3, -0.25) is 4.79 Å². The highest BCUT2D eigenvalue weighted by atomic mass is 28.4. The van der Waals surface area contributed by atoms with E-state index in [-0.39, 0.29) is 17.0 Å². The Morgan fingerprint density at radius 2 is 1.41 bits per heavy atom. The molecule has 0 unspecified atom stereocenters. The average Bonchev–Trinajstić information content (AvgIpc) is 2.64. The van der Waals surface area contributed by atoms with Crippen LogP contribution in [0.25, 0.3) is 0 Å². The lowest BCUT2D eigenvalue weighted by Crippen LogP contribution is -2.67. The van der Waals surface area contributed by atoms with E-state index in [9.17, 15) is 9.59 Å². The maximum absolute atomic E-state index is 12.8. The number of aliphatic carboxylic acids is 1. The first-order valence-corrected chi connectivity index (χ1v) is 10.8. The van der Waals surface area contributed by atoms with E-state index in [2.05, 4.69) is 20.8 Å². The van der Waals surface area contributed by atoms with E-state index >= 15 is 0 Å². The van der Waals surface area contributed by atoms with Gasteiger partial charge in [0.25, 0.3) is 5.97 Å². The van der Waals surface area contributed by atoms with Crippen LogP contribution in [0.15, 0.2) is 72.3 Å². The first kappa shape index (κ1) is 20.6. The summed E-state index contributed by atoms with van der Waals surface area (Å²) in [6.07, 6.45) is 1.34. The van der Waals surface area contributed by atoms with Crippen molar-refractivity contribution in [2.45, 2.75) is 39.2 Å². The van der Waals surface area contributed by atoms with Crippen molar-refractivity contribution in [3.63, 3.8) is 0 Å². The highest BCUT2D eigenvalue weighted by Crippen LogP contribution is 2.37. The Hall–Kier alpha value is -2.66. The van der Waals surface area contributed by atoms with Crippen LogP contribution in [0.5, 0.6) is 0 Å². The number of rotatable bonds is 6. The second kappa shape index (κ2) is 8.35. The first-order valence-electron chi connectivity index (χ1n) is 8.91. The molecule has 0 radical (unpaired) electrons. The van der Waals surface area contributed by atoms with Crippen LogP contribution < -0.4 is 10.4 Å². The molecule has 0 aromatic heterocycles. The van der Waals surface area contributed by atoms with E-state index in [4.69, 9.17) is 9.53 Å². The van der Waals surface area contributed by atoms with Gasteiger partial charge in [-0.25, -0.2) is 4.79 Å². The van der Waals surface area contributed by atoms with Gasteiger partial charge in [-0.05, 0) is 22.3 Å². The molecular weight excluding hydrogens is 356 g/mol. The highest BCUT2D eigenvalue weighted by Gasteiger charge is 2.52. The van der Waals surface area contributed by atoms with Gasteiger partial charge < -0.3 is 9.53 Å². The molecule has 2 aromatic carbocycles. The molecule has 0 aliphatic rings. The van der Waals surface area contributed by atoms with Gasteiger partial charge in [0.1, 0.15) is 0 Å². The summed E-state index contributed by atoms with van der Waals surface area (Å²) in [6.45, 7) is 7.74. The molecule has 142 valence electrons.